The van der Waals surface area contributed by atoms with Crippen molar-refractivity contribution in [2.24, 2.45) is 0 Å². The topological polar surface area (TPSA) is 83.3 Å². The molecular formula is C15H19N3O3S. The van der Waals surface area contributed by atoms with Gasteiger partial charge in [-0.05, 0) is 39.3 Å². The zero-order chi connectivity index (χ0) is 16.3. The average molecular weight is 321 g/mol. The zero-order valence-electron chi connectivity index (χ0n) is 12.9. The van der Waals surface area contributed by atoms with E-state index in [2.05, 4.69) is 4.98 Å². The van der Waals surface area contributed by atoms with Gasteiger partial charge >= 0.3 is 6.09 Å². The van der Waals surface area contributed by atoms with Gasteiger partial charge in [0, 0.05) is 19.3 Å². The van der Waals surface area contributed by atoms with Crippen molar-refractivity contribution in [1.82, 2.24) is 9.88 Å². The number of amides is 1. The van der Waals surface area contributed by atoms with Crippen molar-refractivity contribution >= 4 is 16.9 Å². The van der Waals surface area contributed by atoms with E-state index in [0.29, 0.717) is 30.1 Å². The van der Waals surface area contributed by atoms with Gasteiger partial charge in [-0.3, -0.25) is 4.21 Å². The van der Waals surface area contributed by atoms with Gasteiger partial charge < -0.3 is 9.64 Å². The molecule has 1 aromatic heterocycles. The predicted molar refractivity (Wildman–Crippen MR) is 81.6 cm³/mol. The molecule has 1 fully saturated rings. The van der Waals surface area contributed by atoms with Crippen molar-refractivity contribution in [3.05, 3.63) is 23.9 Å². The number of hydrogen-bond acceptors (Lipinski definition) is 5. The first-order valence-electron chi connectivity index (χ1n) is 7.05. The molecule has 1 aliphatic rings. The molecule has 1 amide bonds. The van der Waals surface area contributed by atoms with E-state index in [0.717, 1.165) is 0 Å². The quantitative estimate of drug-likeness (QED) is 0.832. The molecule has 2 atom stereocenters. The van der Waals surface area contributed by atoms with Gasteiger partial charge in [0.25, 0.3) is 0 Å². The van der Waals surface area contributed by atoms with Crippen LogP contribution in [0.1, 0.15) is 32.8 Å². The van der Waals surface area contributed by atoms with Gasteiger partial charge in [-0.15, -0.1) is 0 Å². The van der Waals surface area contributed by atoms with Crippen LogP contribution in [0.25, 0.3) is 0 Å². The molecule has 2 rings (SSSR count). The summed E-state index contributed by atoms with van der Waals surface area (Å²) in [5.41, 5.74) is -0.114. The molecule has 1 aliphatic heterocycles. The molecule has 1 saturated heterocycles. The number of ether oxygens (including phenoxy) is 1. The summed E-state index contributed by atoms with van der Waals surface area (Å²) in [5.74, 6) is 0. The van der Waals surface area contributed by atoms with Crippen LogP contribution < -0.4 is 0 Å². The van der Waals surface area contributed by atoms with Crippen LogP contribution >= 0.6 is 0 Å². The van der Waals surface area contributed by atoms with E-state index in [1.54, 1.807) is 11.0 Å². The minimum absolute atomic E-state index is 0.186. The van der Waals surface area contributed by atoms with Crippen LogP contribution in [-0.4, -0.2) is 44.1 Å². The van der Waals surface area contributed by atoms with E-state index in [1.165, 1.54) is 12.3 Å². The first kappa shape index (κ1) is 16.4. The summed E-state index contributed by atoms with van der Waals surface area (Å²) in [4.78, 5) is 17.7. The van der Waals surface area contributed by atoms with E-state index in [9.17, 15) is 9.00 Å². The van der Waals surface area contributed by atoms with Crippen LogP contribution in [0, 0.1) is 11.3 Å². The maximum absolute atomic E-state index is 12.5. The van der Waals surface area contributed by atoms with Crippen molar-refractivity contribution in [2.45, 2.75) is 43.1 Å². The lowest BCUT2D eigenvalue weighted by atomic mass is 10.2. The fraction of sp³-hybridized carbons (Fsp3) is 0.533. The second-order valence-corrected chi connectivity index (χ2v) is 7.81. The second kappa shape index (κ2) is 6.44. The van der Waals surface area contributed by atoms with Crippen LogP contribution in [0.15, 0.2) is 23.4 Å². The third-order valence-electron chi connectivity index (χ3n) is 3.17. The molecule has 1 aromatic rings. The summed E-state index contributed by atoms with van der Waals surface area (Å²) in [6.45, 7) is 6.33. The standard InChI is InChI=1S/C15H19N3O3S/c1-15(2,3)21-14(19)18-7-5-12(10-18)22(20)13-8-11(9-16)4-6-17-13/h4,6,8,12H,5,7,10H2,1-3H3/t12-,22?/m0/s1. The van der Waals surface area contributed by atoms with Crippen molar-refractivity contribution in [3.63, 3.8) is 0 Å². The summed E-state index contributed by atoms with van der Waals surface area (Å²) >= 11 is 0. The Morgan fingerprint density at radius 3 is 2.91 bits per heavy atom. The third-order valence-corrected chi connectivity index (χ3v) is 4.80. The fourth-order valence-corrected chi connectivity index (χ4v) is 3.54. The molecule has 1 unspecified atom stereocenters. The van der Waals surface area contributed by atoms with Crippen LogP contribution in [-0.2, 0) is 15.5 Å². The van der Waals surface area contributed by atoms with E-state index < -0.39 is 16.4 Å². The minimum atomic E-state index is -1.34. The number of nitriles is 1. The number of hydrogen-bond donors (Lipinski definition) is 0. The highest BCUT2D eigenvalue weighted by Crippen LogP contribution is 2.21. The van der Waals surface area contributed by atoms with Gasteiger partial charge in [-0.25, -0.2) is 9.78 Å². The molecule has 0 bridgehead atoms. The normalized spacial score (nSPS) is 19.5. The van der Waals surface area contributed by atoms with E-state index >= 15 is 0 Å². The molecular weight excluding hydrogens is 302 g/mol. The number of nitrogens with zero attached hydrogens (tertiary/aromatic N) is 3. The van der Waals surface area contributed by atoms with Crippen LogP contribution in [0.3, 0.4) is 0 Å². The van der Waals surface area contributed by atoms with Crippen molar-refractivity contribution in [1.29, 1.82) is 5.26 Å². The van der Waals surface area contributed by atoms with Gasteiger partial charge in [0.2, 0.25) is 0 Å². The summed E-state index contributed by atoms with van der Waals surface area (Å²) in [7, 11) is -1.34. The lowest BCUT2D eigenvalue weighted by Crippen LogP contribution is -2.36. The Kier molecular flexibility index (Phi) is 4.81. The highest BCUT2D eigenvalue weighted by Gasteiger charge is 2.33. The highest BCUT2D eigenvalue weighted by atomic mass is 32.2. The number of carbonyl (C=O) groups excluding carboxylic acids is 1. The van der Waals surface area contributed by atoms with Crippen LogP contribution in [0.2, 0.25) is 0 Å². The Bertz CT molecular complexity index is 634. The van der Waals surface area contributed by atoms with Crippen molar-refractivity contribution in [3.8, 4) is 6.07 Å². The fourth-order valence-electron chi connectivity index (χ4n) is 2.16. The summed E-state index contributed by atoms with van der Waals surface area (Å²) in [5, 5.41) is 9.08. The summed E-state index contributed by atoms with van der Waals surface area (Å²) in [6, 6.07) is 5.11. The first-order valence-corrected chi connectivity index (χ1v) is 8.26. The maximum Gasteiger partial charge on any atom is 0.410 e. The molecule has 0 spiro atoms. The lowest BCUT2D eigenvalue weighted by molar-refractivity contribution is 0.0295. The number of carbonyl (C=O) groups is 1. The number of likely N-dealkylation sites (tertiary alicyclic amines) is 1. The monoisotopic (exact) mass is 321 g/mol. The molecule has 0 aliphatic carbocycles. The molecule has 2 heterocycles. The molecule has 22 heavy (non-hydrogen) atoms. The number of pyridine rings is 1. The van der Waals surface area contributed by atoms with Gasteiger partial charge in [-0.2, -0.15) is 5.26 Å². The lowest BCUT2D eigenvalue weighted by Gasteiger charge is -2.24. The molecule has 7 heteroatoms. The molecule has 0 saturated carbocycles. The smallest absolute Gasteiger partial charge is 0.410 e. The maximum atomic E-state index is 12.5. The van der Waals surface area contributed by atoms with E-state index in [-0.39, 0.29) is 11.3 Å². The third kappa shape index (κ3) is 4.04. The van der Waals surface area contributed by atoms with Crippen molar-refractivity contribution < 1.29 is 13.7 Å². The molecule has 6 nitrogen and oxygen atoms in total. The zero-order valence-corrected chi connectivity index (χ0v) is 13.7. The summed E-state index contributed by atoms with van der Waals surface area (Å²) in [6.07, 6.45) is 1.72. The van der Waals surface area contributed by atoms with Gasteiger partial charge in [0.15, 0.2) is 0 Å². The van der Waals surface area contributed by atoms with Crippen molar-refractivity contribution in [2.75, 3.05) is 13.1 Å². The predicted octanol–water partition coefficient (Wildman–Crippen LogP) is 2.07. The second-order valence-electron chi connectivity index (χ2n) is 6.13. The van der Waals surface area contributed by atoms with E-state index in [1.807, 2.05) is 26.8 Å². The molecule has 0 N–H and O–H groups in total. The Hall–Kier alpha value is -1.94. The van der Waals surface area contributed by atoms with Gasteiger partial charge in [0.05, 0.1) is 27.7 Å². The Balaban J connectivity index is 2.02. The number of aromatic nitrogens is 1. The molecule has 118 valence electrons. The van der Waals surface area contributed by atoms with E-state index in [4.69, 9.17) is 10.00 Å². The molecule has 0 radical (unpaired) electrons. The van der Waals surface area contributed by atoms with Gasteiger partial charge in [-0.1, -0.05) is 0 Å². The Labute approximate surface area is 132 Å². The minimum Gasteiger partial charge on any atom is -0.444 e. The SMILES string of the molecule is CC(C)(C)OC(=O)N1CC[C@H](S(=O)c2cc(C#N)ccn2)C1. The first-order chi connectivity index (χ1) is 10.3. The van der Waals surface area contributed by atoms with Crippen LogP contribution in [0.5, 0.6) is 0 Å². The number of rotatable bonds is 2. The molecule has 0 aromatic carbocycles. The highest BCUT2D eigenvalue weighted by molar-refractivity contribution is 7.85. The Morgan fingerprint density at radius 2 is 2.27 bits per heavy atom. The van der Waals surface area contributed by atoms with Crippen LogP contribution in [0.4, 0.5) is 4.79 Å². The average Bonchev–Trinajstić information content (AvgIpc) is 2.94. The van der Waals surface area contributed by atoms with Gasteiger partial charge in [0.1, 0.15) is 10.6 Å². The summed E-state index contributed by atoms with van der Waals surface area (Å²) < 4.78 is 17.9. The Morgan fingerprint density at radius 1 is 1.55 bits per heavy atom. The largest absolute Gasteiger partial charge is 0.444 e.